The monoisotopic (exact) mass is 273 g/mol. The molecule has 3 rings (SSSR count). The van der Waals surface area contributed by atoms with Crippen LogP contribution < -0.4 is 16.0 Å². The molecule has 1 aliphatic heterocycles. The molecular formula is C16H23N3O. The molecule has 1 heterocycles. The number of fused-ring (bicyclic) bond motifs is 1. The topological polar surface area (TPSA) is 58.4 Å². The van der Waals surface area contributed by atoms with E-state index in [-0.39, 0.29) is 5.91 Å². The molecule has 3 N–H and O–H groups in total. The Bertz CT molecular complexity index is 508. The lowest BCUT2D eigenvalue weighted by Gasteiger charge is -2.36. The minimum Gasteiger partial charge on any atom is -0.365 e. The van der Waals surface area contributed by atoms with Crippen LogP contribution in [0.2, 0.25) is 0 Å². The Labute approximate surface area is 120 Å². The molecule has 20 heavy (non-hydrogen) atoms. The molecule has 1 fully saturated rings. The Kier molecular flexibility index (Phi) is 3.66. The van der Waals surface area contributed by atoms with Gasteiger partial charge >= 0.3 is 0 Å². The SMILES string of the molecule is Cc1ccc2c(c1)NC(=O)[C@H](N)CN2C1CCCCC1. The van der Waals surface area contributed by atoms with Crippen molar-refractivity contribution in [3.05, 3.63) is 23.8 Å². The molecule has 2 aliphatic rings. The standard InChI is InChI=1S/C16H23N3O/c1-11-7-8-15-14(9-11)18-16(20)13(17)10-19(15)12-5-3-2-4-6-12/h7-9,12-13H,2-6,10,17H2,1H3,(H,18,20)/t13-/m1/s1. The van der Waals surface area contributed by atoms with Crippen LogP contribution in [0.4, 0.5) is 11.4 Å². The third-order valence-corrected chi connectivity index (χ3v) is 4.46. The molecule has 108 valence electrons. The molecule has 0 saturated heterocycles. The van der Waals surface area contributed by atoms with Gasteiger partial charge in [-0.2, -0.15) is 0 Å². The molecule has 0 unspecified atom stereocenters. The Morgan fingerprint density at radius 3 is 2.75 bits per heavy atom. The van der Waals surface area contributed by atoms with Gasteiger partial charge in [0.1, 0.15) is 6.04 Å². The second-order valence-corrected chi connectivity index (χ2v) is 6.06. The number of aryl methyl sites for hydroxylation is 1. The van der Waals surface area contributed by atoms with Crippen molar-refractivity contribution in [3.63, 3.8) is 0 Å². The summed E-state index contributed by atoms with van der Waals surface area (Å²) in [6.07, 6.45) is 6.29. The zero-order chi connectivity index (χ0) is 14.1. The first-order chi connectivity index (χ1) is 9.65. The van der Waals surface area contributed by atoms with Crippen molar-refractivity contribution < 1.29 is 4.79 Å². The molecule has 1 aromatic rings. The van der Waals surface area contributed by atoms with Crippen molar-refractivity contribution in [3.8, 4) is 0 Å². The van der Waals surface area contributed by atoms with Crippen molar-refractivity contribution in [2.45, 2.75) is 51.1 Å². The van der Waals surface area contributed by atoms with Crippen LogP contribution >= 0.6 is 0 Å². The van der Waals surface area contributed by atoms with Gasteiger partial charge in [0.25, 0.3) is 0 Å². The van der Waals surface area contributed by atoms with E-state index in [9.17, 15) is 4.79 Å². The minimum absolute atomic E-state index is 0.0739. The summed E-state index contributed by atoms with van der Waals surface area (Å²) in [6.45, 7) is 2.66. The first-order valence-corrected chi connectivity index (χ1v) is 7.59. The molecule has 1 amide bonds. The second kappa shape index (κ2) is 5.44. The number of rotatable bonds is 1. The van der Waals surface area contributed by atoms with Gasteiger partial charge in [-0.05, 0) is 37.5 Å². The van der Waals surface area contributed by atoms with E-state index in [0.29, 0.717) is 12.6 Å². The molecule has 0 spiro atoms. The van der Waals surface area contributed by atoms with E-state index in [1.807, 2.05) is 13.0 Å². The predicted molar refractivity (Wildman–Crippen MR) is 82.0 cm³/mol. The maximum absolute atomic E-state index is 12.1. The van der Waals surface area contributed by atoms with E-state index in [1.54, 1.807) is 0 Å². The van der Waals surface area contributed by atoms with Crippen molar-refractivity contribution in [2.24, 2.45) is 5.73 Å². The smallest absolute Gasteiger partial charge is 0.243 e. The molecule has 1 atom stereocenters. The van der Waals surface area contributed by atoms with Crippen LogP contribution in [0.1, 0.15) is 37.7 Å². The fourth-order valence-corrected chi connectivity index (χ4v) is 3.36. The van der Waals surface area contributed by atoms with Crippen molar-refractivity contribution in [2.75, 3.05) is 16.8 Å². The first-order valence-electron chi connectivity index (χ1n) is 7.59. The number of nitrogens with two attached hydrogens (primary N) is 1. The normalized spacial score (nSPS) is 24.0. The first kappa shape index (κ1) is 13.4. The van der Waals surface area contributed by atoms with Crippen LogP contribution in [0.15, 0.2) is 18.2 Å². The van der Waals surface area contributed by atoms with Crippen LogP contribution in [0.5, 0.6) is 0 Å². The van der Waals surface area contributed by atoms with E-state index < -0.39 is 6.04 Å². The van der Waals surface area contributed by atoms with Crippen molar-refractivity contribution in [1.29, 1.82) is 0 Å². The summed E-state index contributed by atoms with van der Waals surface area (Å²) >= 11 is 0. The number of carbonyl (C=O) groups is 1. The van der Waals surface area contributed by atoms with Gasteiger partial charge in [0, 0.05) is 12.6 Å². The van der Waals surface area contributed by atoms with Crippen LogP contribution in [0.25, 0.3) is 0 Å². The number of hydrogen-bond acceptors (Lipinski definition) is 3. The van der Waals surface area contributed by atoms with Crippen LogP contribution in [-0.2, 0) is 4.79 Å². The van der Waals surface area contributed by atoms with E-state index in [1.165, 1.54) is 32.1 Å². The highest BCUT2D eigenvalue weighted by atomic mass is 16.2. The van der Waals surface area contributed by atoms with Crippen LogP contribution in [-0.4, -0.2) is 24.5 Å². The summed E-state index contributed by atoms with van der Waals surface area (Å²) in [6, 6.07) is 6.34. The van der Waals surface area contributed by atoms with Gasteiger partial charge in [-0.15, -0.1) is 0 Å². The van der Waals surface area contributed by atoms with Gasteiger partial charge in [0.15, 0.2) is 0 Å². The maximum Gasteiger partial charge on any atom is 0.243 e. The van der Waals surface area contributed by atoms with Gasteiger partial charge in [-0.25, -0.2) is 0 Å². The second-order valence-electron chi connectivity index (χ2n) is 6.06. The third-order valence-electron chi connectivity index (χ3n) is 4.46. The minimum atomic E-state index is -0.454. The van der Waals surface area contributed by atoms with E-state index in [4.69, 9.17) is 5.73 Å². The number of benzene rings is 1. The average molecular weight is 273 g/mol. The number of carbonyl (C=O) groups excluding carboxylic acids is 1. The summed E-state index contributed by atoms with van der Waals surface area (Å²) in [5.41, 5.74) is 9.23. The summed E-state index contributed by atoms with van der Waals surface area (Å²) in [7, 11) is 0. The Morgan fingerprint density at radius 1 is 1.25 bits per heavy atom. The number of hydrogen-bond donors (Lipinski definition) is 2. The van der Waals surface area contributed by atoms with Gasteiger partial charge in [0.05, 0.1) is 11.4 Å². The van der Waals surface area contributed by atoms with E-state index >= 15 is 0 Å². The zero-order valence-corrected chi connectivity index (χ0v) is 12.1. The fourth-order valence-electron chi connectivity index (χ4n) is 3.36. The Hall–Kier alpha value is -1.55. The van der Waals surface area contributed by atoms with Gasteiger partial charge in [0.2, 0.25) is 5.91 Å². The number of nitrogens with zero attached hydrogens (tertiary/aromatic N) is 1. The highest BCUT2D eigenvalue weighted by Gasteiger charge is 2.30. The van der Waals surface area contributed by atoms with E-state index in [0.717, 1.165) is 16.9 Å². The number of nitrogens with one attached hydrogen (secondary N) is 1. The predicted octanol–water partition coefficient (Wildman–Crippen LogP) is 2.41. The fraction of sp³-hybridized carbons (Fsp3) is 0.562. The Morgan fingerprint density at radius 2 is 2.00 bits per heavy atom. The highest BCUT2D eigenvalue weighted by Crippen LogP contribution is 2.34. The number of amides is 1. The van der Waals surface area contributed by atoms with Crippen LogP contribution in [0.3, 0.4) is 0 Å². The average Bonchev–Trinajstić information content (AvgIpc) is 2.57. The molecule has 4 heteroatoms. The molecule has 1 aliphatic carbocycles. The molecule has 0 aromatic heterocycles. The van der Waals surface area contributed by atoms with Gasteiger partial charge < -0.3 is 16.0 Å². The molecule has 0 bridgehead atoms. The summed E-state index contributed by atoms with van der Waals surface area (Å²) < 4.78 is 0. The van der Waals surface area contributed by atoms with Crippen LogP contribution in [0, 0.1) is 6.92 Å². The molecular weight excluding hydrogens is 250 g/mol. The summed E-state index contributed by atoms with van der Waals surface area (Å²) in [4.78, 5) is 14.4. The quantitative estimate of drug-likeness (QED) is 0.826. The van der Waals surface area contributed by atoms with Gasteiger partial charge in [-0.3, -0.25) is 4.79 Å². The summed E-state index contributed by atoms with van der Waals surface area (Å²) in [5.74, 6) is -0.0739. The largest absolute Gasteiger partial charge is 0.365 e. The molecule has 0 radical (unpaired) electrons. The van der Waals surface area contributed by atoms with Crippen molar-refractivity contribution >= 4 is 17.3 Å². The lowest BCUT2D eigenvalue weighted by Crippen LogP contribution is -2.47. The summed E-state index contributed by atoms with van der Waals surface area (Å²) in [5, 5.41) is 2.98. The Balaban J connectivity index is 1.97. The molecule has 1 aromatic carbocycles. The number of anilines is 2. The van der Waals surface area contributed by atoms with E-state index in [2.05, 4.69) is 22.3 Å². The zero-order valence-electron chi connectivity index (χ0n) is 12.1. The molecule has 1 saturated carbocycles. The highest BCUT2D eigenvalue weighted by molar-refractivity contribution is 5.99. The lowest BCUT2D eigenvalue weighted by molar-refractivity contribution is -0.117. The lowest BCUT2D eigenvalue weighted by atomic mass is 9.93. The molecule has 4 nitrogen and oxygen atoms in total. The van der Waals surface area contributed by atoms with Crippen molar-refractivity contribution in [1.82, 2.24) is 0 Å². The maximum atomic E-state index is 12.1. The third kappa shape index (κ3) is 2.52. The van der Waals surface area contributed by atoms with Gasteiger partial charge in [-0.1, -0.05) is 25.3 Å².